The SMILES string of the molecule is Cc1cn([C@H]2C[C@H](O)[C@@H](COP(O)(=S)OP(O)(O)=S)O2)c(=O)[nH]c1=O. The van der Waals surface area contributed by atoms with E-state index in [2.05, 4.69) is 32.9 Å². The van der Waals surface area contributed by atoms with Crippen LogP contribution in [0, 0.1) is 6.92 Å². The van der Waals surface area contributed by atoms with Crippen LogP contribution in [0.15, 0.2) is 15.8 Å². The average molecular weight is 434 g/mol. The molecule has 1 aromatic rings. The first-order chi connectivity index (χ1) is 11.4. The first kappa shape index (κ1) is 21.0. The largest absolute Gasteiger partial charge is 0.390 e. The predicted molar refractivity (Wildman–Crippen MR) is 92.9 cm³/mol. The first-order valence-corrected chi connectivity index (χ1v) is 12.0. The van der Waals surface area contributed by atoms with E-state index < -0.39 is 49.7 Å². The van der Waals surface area contributed by atoms with E-state index >= 15 is 0 Å². The van der Waals surface area contributed by atoms with Gasteiger partial charge in [-0.25, -0.2) is 9.11 Å². The topological polar surface area (TPSA) is 163 Å². The molecule has 4 atom stereocenters. The molecular formula is C10H16N2O9P2S2. The lowest BCUT2D eigenvalue weighted by molar-refractivity contribution is -0.0426. The summed E-state index contributed by atoms with van der Waals surface area (Å²) in [6.45, 7) is -7.18. The maximum absolute atomic E-state index is 11.8. The van der Waals surface area contributed by atoms with Crippen LogP contribution in [0.25, 0.3) is 0 Å². The highest BCUT2D eigenvalue weighted by Gasteiger charge is 2.37. The van der Waals surface area contributed by atoms with Gasteiger partial charge in [0.25, 0.3) is 5.56 Å². The summed E-state index contributed by atoms with van der Waals surface area (Å²) in [6.07, 6.45) is -1.59. The van der Waals surface area contributed by atoms with Crippen LogP contribution in [0.5, 0.6) is 0 Å². The molecule has 1 unspecified atom stereocenters. The summed E-state index contributed by atoms with van der Waals surface area (Å²) in [5.74, 6) is 0. The number of rotatable bonds is 6. The van der Waals surface area contributed by atoms with E-state index in [0.717, 1.165) is 4.57 Å². The molecule has 0 aromatic carbocycles. The highest BCUT2D eigenvalue weighted by molar-refractivity contribution is 8.14. The number of aliphatic hydroxyl groups is 1. The minimum atomic E-state index is -4.22. The Kier molecular flexibility index (Phi) is 6.51. The second-order valence-corrected chi connectivity index (χ2v) is 10.9. The van der Waals surface area contributed by atoms with Crippen LogP contribution in [-0.2, 0) is 37.2 Å². The molecule has 0 bridgehead atoms. The second-order valence-electron chi connectivity index (χ2n) is 5.25. The summed E-state index contributed by atoms with van der Waals surface area (Å²) in [6, 6.07) is 0. The molecular weight excluding hydrogens is 418 g/mol. The normalized spacial score (nSPS) is 26.5. The maximum Gasteiger partial charge on any atom is 0.331 e. The third kappa shape index (κ3) is 5.84. The summed E-state index contributed by atoms with van der Waals surface area (Å²) in [7, 11) is 0. The molecule has 0 aliphatic carbocycles. The van der Waals surface area contributed by atoms with Gasteiger partial charge in [-0.2, -0.15) is 0 Å². The van der Waals surface area contributed by atoms with E-state index in [1.54, 1.807) is 0 Å². The highest BCUT2D eigenvalue weighted by Crippen LogP contribution is 2.58. The fraction of sp³-hybridized carbons (Fsp3) is 0.600. The van der Waals surface area contributed by atoms with Crippen LogP contribution in [-0.4, -0.2) is 48.2 Å². The number of aromatic nitrogens is 2. The number of nitrogens with one attached hydrogen (secondary N) is 1. The summed E-state index contributed by atoms with van der Waals surface area (Å²) >= 11 is 8.77. The summed E-state index contributed by atoms with van der Waals surface area (Å²) in [5.41, 5.74) is -0.943. The van der Waals surface area contributed by atoms with Crippen molar-refractivity contribution in [3.05, 3.63) is 32.6 Å². The molecule has 2 rings (SSSR count). The standard InChI is InChI=1S/C10H16N2O9P2S2/c1-5-3-12(10(15)11-9(5)14)8-2-6(13)7(20-8)4-19-23(18,25)21-22(16,17)24/h3,6-8,13H,2,4H2,1H3,(H,18,25)(H,11,14,15)(H2,16,17,24)/t6-,7+,8+,23?/m0/s1. The van der Waals surface area contributed by atoms with Crippen molar-refractivity contribution in [3.63, 3.8) is 0 Å². The zero-order valence-electron chi connectivity index (χ0n) is 12.7. The zero-order valence-corrected chi connectivity index (χ0v) is 16.1. The predicted octanol–water partition coefficient (Wildman–Crippen LogP) is -1.05. The van der Waals surface area contributed by atoms with E-state index in [1.807, 2.05) is 0 Å². The Hall–Kier alpha value is -0.300. The molecule has 1 saturated heterocycles. The number of nitrogens with zero attached hydrogens (tertiary/aromatic N) is 1. The van der Waals surface area contributed by atoms with Crippen LogP contribution in [0.1, 0.15) is 18.2 Å². The molecule has 25 heavy (non-hydrogen) atoms. The average Bonchev–Trinajstić information content (AvgIpc) is 2.79. The molecule has 5 N–H and O–H groups in total. The minimum Gasteiger partial charge on any atom is -0.390 e. The Morgan fingerprint density at radius 2 is 2.04 bits per heavy atom. The Labute approximate surface area is 151 Å². The van der Waals surface area contributed by atoms with Crippen molar-refractivity contribution in [2.24, 2.45) is 0 Å². The van der Waals surface area contributed by atoms with E-state index in [4.69, 9.17) is 19.0 Å². The molecule has 1 aromatic heterocycles. The van der Waals surface area contributed by atoms with Gasteiger partial charge in [-0.15, -0.1) is 0 Å². The van der Waals surface area contributed by atoms with Gasteiger partial charge in [0.1, 0.15) is 12.3 Å². The lowest BCUT2D eigenvalue weighted by atomic mass is 10.2. The van der Waals surface area contributed by atoms with Crippen LogP contribution >= 0.6 is 13.4 Å². The van der Waals surface area contributed by atoms with Gasteiger partial charge in [0.05, 0.1) is 12.7 Å². The maximum atomic E-state index is 11.8. The molecule has 1 aliphatic heterocycles. The summed E-state index contributed by atoms with van der Waals surface area (Å²) in [5, 5.41) is 10.0. The van der Waals surface area contributed by atoms with E-state index in [-0.39, 0.29) is 12.0 Å². The molecule has 2 heterocycles. The monoisotopic (exact) mass is 434 g/mol. The van der Waals surface area contributed by atoms with Crippen molar-refractivity contribution in [1.82, 2.24) is 9.55 Å². The third-order valence-corrected chi connectivity index (χ3v) is 6.94. The molecule has 0 radical (unpaired) electrons. The Morgan fingerprint density at radius 3 is 2.64 bits per heavy atom. The highest BCUT2D eigenvalue weighted by atomic mass is 32.5. The van der Waals surface area contributed by atoms with Crippen LogP contribution in [0.2, 0.25) is 0 Å². The third-order valence-electron chi connectivity index (χ3n) is 3.27. The number of hydrogen-bond acceptors (Lipinski definition) is 8. The van der Waals surface area contributed by atoms with Gasteiger partial charge in [-0.1, -0.05) is 0 Å². The lowest BCUT2D eigenvalue weighted by Gasteiger charge is -2.21. The Balaban J connectivity index is 2.06. The molecule has 0 amide bonds. The number of aromatic amines is 1. The van der Waals surface area contributed by atoms with Gasteiger partial charge in [-0.05, 0) is 30.5 Å². The number of aliphatic hydroxyl groups excluding tert-OH is 1. The van der Waals surface area contributed by atoms with Gasteiger partial charge >= 0.3 is 19.1 Å². The molecule has 0 spiro atoms. The molecule has 142 valence electrons. The molecule has 15 heteroatoms. The van der Waals surface area contributed by atoms with Crippen LogP contribution in [0.4, 0.5) is 0 Å². The summed E-state index contributed by atoms with van der Waals surface area (Å²) in [4.78, 5) is 53.0. The minimum absolute atomic E-state index is 0.0204. The fourth-order valence-corrected chi connectivity index (χ4v) is 5.97. The quantitative estimate of drug-likeness (QED) is 0.347. The van der Waals surface area contributed by atoms with E-state index in [1.165, 1.54) is 13.1 Å². The zero-order chi connectivity index (χ0) is 19.0. The molecule has 1 fully saturated rings. The molecule has 11 nitrogen and oxygen atoms in total. The number of aryl methyl sites for hydroxylation is 1. The second kappa shape index (κ2) is 7.75. The van der Waals surface area contributed by atoms with Crippen molar-refractivity contribution >= 4 is 37.1 Å². The number of H-pyrrole nitrogens is 1. The summed E-state index contributed by atoms with van der Waals surface area (Å²) < 4.78 is 15.8. The van der Waals surface area contributed by atoms with Crippen molar-refractivity contribution in [2.45, 2.75) is 31.8 Å². The first-order valence-electron chi connectivity index (χ1n) is 6.78. The van der Waals surface area contributed by atoms with Crippen LogP contribution < -0.4 is 11.2 Å². The van der Waals surface area contributed by atoms with E-state index in [9.17, 15) is 19.6 Å². The lowest BCUT2D eigenvalue weighted by Crippen LogP contribution is -2.33. The molecule has 0 saturated carbocycles. The van der Waals surface area contributed by atoms with Crippen molar-refractivity contribution < 1.29 is 33.4 Å². The van der Waals surface area contributed by atoms with Crippen LogP contribution in [0.3, 0.4) is 0 Å². The Bertz CT molecular complexity index is 850. The van der Waals surface area contributed by atoms with Gasteiger partial charge < -0.3 is 29.0 Å². The van der Waals surface area contributed by atoms with Gasteiger partial charge in [0.2, 0.25) is 0 Å². The fourth-order valence-electron chi connectivity index (χ4n) is 2.16. The Morgan fingerprint density at radius 1 is 1.40 bits per heavy atom. The van der Waals surface area contributed by atoms with Gasteiger partial charge in [0.15, 0.2) is 0 Å². The van der Waals surface area contributed by atoms with Crippen molar-refractivity contribution in [3.8, 4) is 0 Å². The number of hydrogen-bond donors (Lipinski definition) is 5. The van der Waals surface area contributed by atoms with Crippen molar-refractivity contribution in [2.75, 3.05) is 6.61 Å². The van der Waals surface area contributed by atoms with Gasteiger partial charge in [-0.3, -0.25) is 14.3 Å². The smallest absolute Gasteiger partial charge is 0.331 e. The molecule has 1 aliphatic rings. The van der Waals surface area contributed by atoms with Crippen molar-refractivity contribution in [1.29, 1.82) is 0 Å². The van der Waals surface area contributed by atoms with Gasteiger partial charge in [0, 0.05) is 18.2 Å². The van der Waals surface area contributed by atoms with E-state index in [0.29, 0.717) is 0 Å². The number of ether oxygens (including phenoxy) is 1.